The Balaban J connectivity index is 1.57. The highest BCUT2D eigenvalue weighted by Gasteiger charge is 2.27. The Hall–Kier alpha value is -1.07. The minimum absolute atomic E-state index is 0.130. The Kier molecular flexibility index (Phi) is 4.80. The monoisotopic (exact) mass is 307 g/mol. The van der Waals surface area contributed by atoms with E-state index in [0.717, 1.165) is 26.1 Å². The van der Waals surface area contributed by atoms with Gasteiger partial charge in [-0.1, -0.05) is 6.42 Å². The van der Waals surface area contributed by atoms with Crippen LogP contribution in [0.1, 0.15) is 41.8 Å². The first kappa shape index (κ1) is 14.9. The fraction of sp³-hybridized carbons (Fsp3) is 0.688. The van der Waals surface area contributed by atoms with Gasteiger partial charge in [-0.2, -0.15) is 0 Å². The normalized spacial score (nSPS) is 24.2. The lowest BCUT2D eigenvalue weighted by Crippen LogP contribution is -2.44. The van der Waals surface area contributed by atoms with Gasteiger partial charge in [-0.25, -0.2) is 0 Å². The number of amides is 1. The smallest absolute Gasteiger partial charge is 0.266 e. The molecule has 0 aromatic carbocycles. The van der Waals surface area contributed by atoms with Gasteiger partial charge >= 0.3 is 0 Å². The topological polar surface area (TPSA) is 49.6 Å². The van der Waals surface area contributed by atoms with Gasteiger partial charge in [-0.15, -0.1) is 11.3 Å². The molecule has 0 unspecified atom stereocenters. The van der Waals surface area contributed by atoms with Crippen molar-refractivity contribution in [3.05, 3.63) is 16.3 Å². The zero-order valence-corrected chi connectivity index (χ0v) is 13.4. The minimum atomic E-state index is 0.130. The van der Waals surface area contributed by atoms with Crippen LogP contribution in [0, 0.1) is 5.92 Å². The summed E-state index contributed by atoms with van der Waals surface area (Å²) in [6.07, 6.45) is 6.42. The van der Waals surface area contributed by atoms with Crippen molar-refractivity contribution in [2.75, 3.05) is 38.5 Å². The number of nitrogens with zero attached hydrogens (tertiary/aromatic N) is 2. The number of hydrogen-bond donors (Lipinski definition) is 1. The Bertz CT molecular complexity index is 482. The van der Waals surface area contributed by atoms with Crippen LogP contribution in [-0.4, -0.2) is 48.4 Å². The van der Waals surface area contributed by atoms with Crippen LogP contribution in [0.4, 0.5) is 5.69 Å². The zero-order chi connectivity index (χ0) is 14.7. The van der Waals surface area contributed by atoms with Crippen molar-refractivity contribution in [1.82, 2.24) is 9.80 Å². The number of carbonyl (C=O) groups excluding carboxylic acids is 1. The van der Waals surface area contributed by atoms with Crippen LogP contribution in [0.15, 0.2) is 11.4 Å². The Morgan fingerprint density at radius 3 is 2.76 bits per heavy atom. The second-order valence-electron chi connectivity index (χ2n) is 6.33. The van der Waals surface area contributed by atoms with Crippen molar-refractivity contribution in [2.24, 2.45) is 5.92 Å². The van der Waals surface area contributed by atoms with Gasteiger partial charge < -0.3 is 15.5 Å². The molecule has 116 valence electrons. The van der Waals surface area contributed by atoms with Gasteiger partial charge in [0, 0.05) is 19.6 Å². The van der Waals surface area contributed by atoms with E-state index >= 15 is 0 Å². The number of nitrogens with two attached hydrogens (primary N) is 1. The number of carbonyl (C=O) groups is 1. The Morgan fingerprint density at radius 2 is 2.05 bits per heavy atom. The molecular weight excluding hydrogens is 282 g/mol. The average molecular weight is 307 g/mol. The first-order chi connectivity index (χ1) is 10.2. The Morgan fingerprint density at radius 1 is 1.24 bits per heavy atom. The lowest BCUT2D eigenvalue weighted by Gasteiger charge is -2.36. The molecule has 21 heavy (non-hydrogen) atoms. The lowest BCUT2D eigenvalue weighted by molar-refractivity contribution is 0.0636. The fourth-order valence-electron chi connectivity index (χ4n) is 3.54. The van der Waals surface area contributed by atoms with Crippen LogP contribution in [0.2, 0.25) is 0 Å². The third-order valence-corrected chi connectivity index (χ3v) is 5.58. The van der Waals surface area contributed by atoms with E-state index in [1.165, 1.54) is 50.1 Å². The molecule has 0 radical (unpaired) electrons. The lowest BCUT2D eigenvalue weighted by atomic mass is 9.96. The van der Waals surface area contributed by atoms with Gasteiger partial charge in [0.1, 0.15) is 4.88 Å². The fourth-order valence-corrected chi connectivity index (χ4v) is 4.33. The molecule has 2 saturated heterocycles. The molecule has 0 spiro atoms. The highest BCUT2D eigenvalue weighted by Crippen LogP contribution is 2.25. The molecule has 3 heterocycles. The van der Waals surface area contributed by atoms with E-state index in [9.17, 15) is 4.79 Å². The zero-order valence-electron chi connectivity index (χ0n) is 12.6. The van der Waals surface area contributed by atoms with E-state index in [-0.39, 0.29) is 5.91 Å². The van der Waals surface area contributed by atoms with Gasteiger partial charge in [0.05, 0.1) is 5.69 Å². The van der Waals surface area contributed by atoms with Gasteiger partial charge in [0.2, 0.25) is 0 Å². The summed E-state index contributed by atoms with van der Waals surface area (Å²) in [4.78, 5) is 17.9. The van der Waals surface area contributed by atoms with Gasteiger partial charge in [-0.05, 0) is 56.1 Å². The van der Waals surface area contributed by atoms with E-state index in [0.29, 0.717) is 16.5 Å². The van der Waals surface area contributed by atoms with E-state index in [1.807, 2.05) is 16.3 Å². The summed E-state index contributed by atoms with van der Waals surface area (Å²) in [6, 6.07) is 1.83. The van der Waals surface area contributed by atoms with Crippen LogP contribution >= 0.6 is 11.3 Å². The van der Waals surface area contributed by atoms with Crippen LogP contribution in [0.25, 0.3) is 0 Å². The van der Waals surface area contributed by atoms with Crippen molar-refractivity contribution in [3.8, 4) is 0 Å². The molecule has 0 bridgehead atoms. The number of rotatable bonds is 3. The van der Waals surface area contributed by atoms with Crippen LogP contribution in [0.5, 0.6) is 0 Å². The quantitative estimate of drug-likeness (QED) is 0.934. The third-order valence-electron chi connectivity index (χ3n) is 4.66. The first-order valence-corrected chi connectivity index (χ1v) is 8.96. The van der Waals surface area contributed by atoms with Crippen molar-refractivity contribution in [1.29, 1.82) is 0 Å². The summed E-state index contributed by atoms with van der Waals surface area (Å²) in [5.41, 5.74) is 6.51. The predicted octanol–water partition coefficient (Wildman–Crippen LogP) is 2.67. The third kappa shape index (κ3) is 3.58. The molecule has 1 amide bonds. The molecular formula is C16H25N3OS. The molecule has 5 heteroatoms. The van der Waals surface area contributed by atoms with E-state index in [1.54, 1.807) is 0 Å². The number of anilines is 1. The molecule has 0 aliphatic carbocycles. The van der Waals surface area contributed by atoms with Gasteiger partial charge in [0.15, 0.2) is 0 Å². The standard InChI is InChI=1S/C16H25N3OS/c17-14-6-10-21-15(14)16(20)19-9-4-5-13(12-19)11-18-7-2-1-3-8-18/h6,10,13H,1-5,7-9,11-12,17H2/t13-/m0/s1. The van der Waals surface area contributed by atoms with Crippen LogP contribution < -0.4 is 5.73 Å². The number of thiophene rings is 1. The number of likely N-dealkylation sites (tertiary alicyclic amines) is 2. The first-order valence-electron chi connectivity index (χ1n) is 8.08. The van der Waals surface area contributed by atoms with E-state index < -0.39 is 0 Å². The molecule has 1 aromatic rings. The summed E-state index contributed by atoms with van der Waals surface area (Å²) in [7, 11) is 0. The second-order valence-corrected chi connectivity index (χ2v) is 7.24. The summed E-state index contributed by atoms with van der Waals surface area (Å²) in [5.74, 6) is 0.757. The molecule has 4 nitrogen and oxygen atoms in total. The maximum absolute atomic E-state index is 12.6. The van der Waals surface area contributed by atoms with Gasteiger partial charge in [-0.3, -0.25) is 4.79 Å². The maximum Gasteiger partial charge on any atom is 0.266 e. The average Bonchev–Trinajstić information content (AvgIpc) is 2.94. The highest BCUT2D eigenvalue weighted by molar-refractivity contribution is 7.12. The van der Waals surface area contributed by atoms with Crippen molar-refractivity contribution in [3.63, 3.8) is 0 Å². The Labute approximate surface area is 130 Å². The second kappa shape index (κ2) is 6.79. The largest absolute Gasteiger partial charge is 0.397 e. The van der Waals surface area contributed by atoms with E-state index in [4.69, 9.17) is 5.73 Å². The SMILES string of the molecule is Nc1ccsc1C(=O)N1CCC[C@@H](CN2CCCCC2)C1. The van der Waals surface area contributed by atoms with Crippen LogP contribution in [0.3, 0.4) is 0 Å². The van der Waals surface area contributed by atoms with Crippen molar-refractivity contribution in [2.45, 2.75) is 32.1 Å². The van der Waals surface area contributed by atoms with Gasteiger partial charge in [0.25, 0.3) is 5.91 Å². The van der Waals surface area contributed by atoms with Crippen LogP contribution in [-0.2, 0) is 0 Å². The maximum atomic E-state index is 12.6. The molecule has 0 saturated carbocycles. The van der Waals surface area contributed by atoms with Crippen molar-refractivity contribution >= 4 is 22.9 Å². The van der Waals surface area contributed by atoms with Crippen molar-refractivity contribution < 1.29 is 4.79 Å². The molecule has 2 aliphatic heterocycles. The molecule has 1 atom stereocenters. The summed E-state index contributed by atoms with van der Waals surface area (Å²) in [6.45, 7) is 5.41. The number of hydrogen-bond acceptors (Lipinski definition) is 4. The summed E-state index contributed by atoms with van der Waals surface area (Å²) in [5, 5.41) is 1.90. The number of nitrogen functional groups attached to an aromatic ring is 1. The minimum Gasteiger partial charge on any atom is -0.397 e. The predicted molar refractivity (Wildman–Crippen MR) is 87.6 cm³/mol. The van der Waals surface area contributed by atoms with E-state index in [2.05, 4.69) is 4.90 Å². The number of piperidine rings is 2. The molecule has 2 aliphatic rings. The molecule has 1 aromatic heterocycles. The molecule has 3 rings (SSSR count). The summed E-state index contributed by atoms with van der Waals surface area (Å²) < 4.78 is 0. The molecule has 2 fully saturated rings. The molecule has 2 N–H and O–H groups in total. The highest BCUT2D eigenvalue weighted by atomic mass is 32.1. The summed E-state index contributed by atoms with van der Waals surface area (Å²) >= 11 is 1.46.